The van der Waals surface area contributed by atoms with Crippen LogP contribution in [0.2, 0.25) is 0 Å². The lowest BCUT2D eigenvalue weighted by Crippen LogP contribution is -2.63. The minimum absolute atomic E-state index is 0. The molecule has 2 aliphatic rings. The first-order valence-electron chi connectivity index (χ1n) is 16.6. The monoisotopic (exact) mass is 749 g/mol. The molecule has 0 bridgehead atoms. The molecule has 3 aromatic carbocycles. The number of piperazine rings is 1. The second kappa shape index (κ2) is 15.3. The number of piperidine rings is 1. The van der Waals surface area contributed by atoms with Crippen LogP contribution in [0, 0.1) is 0 Å². The largest absolute Gasteiger partial charge is 0.416 e. The van der Waals surface area contributed by atoms with Crippen molar-refractivity contribution in [2.75, 3.05) is 32.7 Å². The predicted molar refractivity (Wildman–Crippen MR) is 185 cm³/mol. The number of likely N-dealkylation sites (tertiary alicyclic amines) is 1. The Morgan fingerprint density at radius 1 is 0.885 bits per heavy atom. The summed E-state index contributed by atoms with van der Waals surface area (Å²) in [6.45, 7) is 2.61. The number of aromatic amines is 1. The van der Waals surface area contributed by atoms with Gasteiger partial charge < -0.3 is 20.0 Å². The van der Waals surface area contributed by atoms with Gasteiger partial charge in [-0.25, -0.2) is 0 Å². The third kappa shape index (κ3) is 8.13. The Morgan fingerprint density at radius 3 is 2.10 bits per heavy atom. The Labute approximate surface area is 302 Å². The molecular formula is C37H38ClF6N5O3. The molecule has 2 N–H and O–H groups in total. The second-order valence-corrected chi connectivity index (χ2v) is 13.2. The average molecular weight is 750 g/mol. The van der Waals surface area contributed by atoms with Gasteiger partial charge in [0.25, 0.3) is 5.91 Å². The number of aldehydes is 1. The van der Waals surface area contributed by atoms with Crippen molar-refractivity contribution in [2.24, 2.45) is 0 Å². The van der Waals surface area contributed by atoms with Crippen molar-refractivity contribution in [1.82, 2.24) is 25.0 Å². The lowest BCUT2D eigenvalue weighted by atomic mass is 9.80. The molecule has 2 atom stereocenters. The Bertz CT molecular complexity index is 1860. The highest BCUT2D eigenvalue weighted by molar-refractivity contribution is 5.95. The first kappa shape index (κ1) is 38.8. The molecule has 1 aromatic heterocycles. The lowest BCUT2D eigenvalue weighted by Gasteiger charge is -2.49. The molecule has 2 amide bonds. The summed E-state index contributed by atoms with van der Waals surface area (Å²) in [5.41, 5.74) is -1.89. The van der Waals surface area contributed by atoms with Gasteiger partial charge in [-0.05, 0) is 54.7 Å². The number of H-pyrrole nitrogens is 1. The van der Waals surface area contributed by atoms with E-state index >= 15 is 0 Å². The van der Waals surface area contributed by atoms with Crippen molar-refractivity contribution < 1.29 is 40.7 Å². The van der Waals surface area contributed by atoms with Gasteiger partial charge in [0.05, 0.1) is 16.7 Å². The number of carbonyl (C=O) groups excluding carboxylic acids is 3. The van der Waals surface area contributed by atoms with Gasteiger partial charge in [0.1, 0.15) is 6.17 Å². The van der Waals surface area contributed by atoms with Crippen LogP contribution in [0.4, 0.5) is 26.3 Å². The minimum atomic E-state index is -5.11. The van der Waals surface area contributed by atoms with Gasteiger partial charge >= 0.3 is 12.4 Å². The number of fused-ring (bicyclic) bond motifs is 1. The highest BCUT2D eigenvalue weighted by Crippen LogP contribution is 2.38. The first-order valence-corrected chi connectivity index (χ1v) is 16.6. The number of nitrogens with one attached hydrogen (secondary N) is 2. The molecule has 3 heterocycles. The van der Waals surface area contributed by atoms with E-state index in [4.69, 9.17) is 0 Å². The summed E-state index contributed by atoms with van der Waals surface area (Å²) in [7, 11) is 0. The van der Waals surface area contributed by atoms with Gasteiger partial charge in [0, 0.05) is 68.4 Å². The molecule has 0 spiro atoms. The van der Waals surface area contributed by atoms with Gasteiger partial charge in [0.2, 0.25) is 5.91 Å². The van der Waals surface area contributed by atoms with Crippen molar-refractivity contribution in [2.45, 2.75) is 56.3 Å². The number of carbonyl (C=O) groups is 3. The molecule has 0 aliphatic carbocycles. The molecule has 278 valence electrons. The fourth-order valence-electron chi connectivity index (χ4n) is 7.51. The van der Waals surface area contributed by atoms with Crippen molar-refractivity contribution in [3.8, 4) is 0 Å². The van der Waals surface area contributed by atoms with E-state index in [2.05, 4.69) is 10.3 Å². The average Bonchev–Trinajstić information content (AvgIpc) is 3.51. The van der Waals surface area contributed by atoms with Crippen molar-refractivity contribution in [3.63, 3.8) is 0 Å². The number of alkyl halides is 6. The van der Waals surface area contributed by atoms with Crippen LogP contribution in [0.5, 0.6) is 0 Å². The Balaban J connectivity index is 0.00000523. The molecule has 2 saturated heterocycles. The van der Waals surface area contributed by atoms with Crippen LogP contribution in [-0.4, -0.2) is 82.7 Å². The van der Waals surface area contributed by atoms with Crippen LogP contribution in [0.25, 0.3) is 10.9 Å². The summed E-state index contributed by atoms with van der Waals surface area (Å²) in [5.74, 6) is -1.14. The van der Waals surface area contributed by atoms with E-state index in [1.807, 2.05) is 64.4 Å². The Morgan fingerprint density at radius 2 is 1.50 bits per heavy atom. The Kier molecular flexibility index (Phi) is 11.4. The van der Waals surface area contributed by atoms with Crippen molar-refractivity contribution in [1.29, 1.82) is 0 Å². The zero-order valence-electron chi connectivity index (χ0n) is 28.1. The maximum absolute atomic E-state index is 14.0. The third-order valence-corrected chi connectivity index (χ3v) is 10.0. The van der Waals surface area contributed by atoms with E-state index < -0.39 is 52.7 Å². The summed E-state index contributed by atoms with van der Waals surface area (Å²) in [5, 5.41) is 3.98. The van der Waals surface area contributed by atoms with Crippen molar-refractivity contribution in [3.05, 3.63) is 107 Å². The first-order chi connectivity index (χ1) is 24.2. The van der Waals surface area contributed by atoms with Crippen LogP contribution in [0.15, 0.2) is 79.0 Å². The molecule has 1 unspecified atom stereocenters. The molecule has 2 aliphatic heterocycles. The van der Waals surface area contributed by atoms with Gasteiger partial charge in [-0.2, -0.15) is 26.3 Å². The molecule has 4 aromatic rings. The fourth-order valence-corrected chi connectivity index (χ4v) is 7.51. The topological polar surface area (TPSA) is 88.8 Å². The normalized spacial score (nSPS) is 19.1. The SMILES string of the molecule is CC(=O)NC1(c2ccccc2)CCN(C(C=O)N2CCN(C(=O)c3cc(C(F)(F)F)cc(C(F)(F)F)c3)[C@H](Cc3c[nH]c4ccccc34)C2)CC1.Cl. The number of hydrogen-bond acceptors (Lipinski definition) is 5. The van der Waals surface area contributed by atoms with E-state index in [1.165, 1.54) is 11.8 Å². The number of benzene rings is 3. The van der Waals surface area contributed by atoms with E-state index in [1.54, 1.807) is 6.20 Å². The van der Waals surface area contributed by atoms with Crippen LogP contribution in [0.3, 0.4) is 0 Å². The van der Waals surface area contributed by atoms with E-state index in [-0.39, 0.29) is 50.4 Å². The number of amides is 2. The van der Waals surface area contributed by atoms with Gasteiger partial charge in [-0.3, -0.25) is 19.4 Å². The zero-order chi connectivity index (χ0) is 36.6. The van der Waals surface area contributed by atoms with E-state index in [0.29, 0.717) is 38.1 Å². The van der Waals surface area contributed by atoms with Crippen LogP contribution in [-0.2, 0) is 33.9 Å². The molecule has 2 fully saturated rings. The van der Waals surface area contributed by atoms with Gasteiger partial charge in [0.15, 0.2) is 6.29 Å². The number of halogens is 7. The molecule has 0 radical (unpaired) electrons. The number of nitrogens with zero attached hydrogens (tertiary/aromatic N) is 3. The molecule has 8 nitrogen and oxygen atoms in total. The Hall–Kier alpha value is -4.40. The quantitative estimate of drug-likeness (QED) is 0.156. The number of rotatable bonds is 8. The van der Waals surface area contributed by atoms with Crippen molar-refractivity contribution >= 4 is 41.4 Å². The minimum Gasteiger partial charge on any atom is -0.361 e. The molecular weight excluding hydrogens is 712 g/mol. The van der Waals surface area contributed by atoms with Crippen LogP contribution < -0.4 is 5.32 Å². The number of para-hydroxylation sites is 1. The van der Waals surface area contributed by atoms with E-state index in [9.17, 15) is 40.7 Å². The van der Waals surface area contributed by atoms with E-state index in [0.717, 1.165) is 28.3 Å². The van der Waals surface area contributed by atoms with Crippen LogP contribution in [0.1, 0.15) is 52.4 Å². The smallest absolute Gasteiger partial charge is 0.361 e. The van der Waals surface area contributed by atoms with Gasteiger partial charge in [-0.15, -0.1) is 12.4 Å². The summed E-state index contributed by atoms with van der Waals surface area (Å²) in [6.07, 6.45) is -7.08. The number of aromatic nitrogens is 1. The highest BCUT2D eigenvalue weighted by Gasteiger charge is 2.43. The second-order valence-electron chi connectivity index (χ2n) is 13.2. The van der Waals surface area contributed by atoms with Crippen LogP contribution >= 0.6 is 12.4 Å². The maximum atomic E-state index is 14.0. The molecule has 52 heavy (non-hydrogen) atoms. The number of hydrogen-bond donors (Lipinski definition) is 2. The molecule has 6 rings (SSSR count). The van der Waals surface area contributed by atoms with Gasteiger partial charge in [-0.1, -0.05) is 48.5 Å². The standard InChI is InChI=1S/C37H37F6N5O3.ClH/c1-24(50)45-35(27-7-3-2-4-8-27)11-13-46(14-12-35)33(23-49)47-15-16-48(30(22-47)19-26-21-44-32-10-6-5-9-31(26)32)34(51)25-17-28(36(38,39)40)20-29(18-25)37(41,42)43;/h2-10,17-18,20-21,23,30,33,44H,11-16,19,22H2,1H3,(H,45,50);1H/t30-,33?;/m1./s1. The highest BCUT2D eigenvalue weighted by atomic mass is 35.5. The molecule has 0 saturated carbocycles. The maximum Gasteiger partial charge on any atom is 0.416 e. The molecule has 15 heteroatoms. The lowest BCUT2D eigenvalue weighted by molar-refractivity contribution is -0.143. The summed E-state index contributed by atoms with van der Waals surface area (Å²) < 4.78 is 82.3. The fraction of sp³-hybridized carbons (Fsp3) is 0.378. The zero-order valence-corrected chi connectivity index (χ0v) is 29.0. The summed E-state index contributed by atoms with van der Waals surface area (Å²) in [6, 6.07) is 17.3. The third-order valence-electron chi connectivity index (χ3n) is 10.0. The summed E-state index contributed by atoms with van der Waals surface area (Å²) in [4.78, 5) is 47.4. The summed E-state index contributed by atoms with van der Waals surface area (Å²) >= 11 is 0. The predicted octanol–water partition coefficient (Wildman–Crippen LogP) is 6.65.